The zero-order valence-electron chi connectivity index (χ0n) is 23.7. The number of alkyl halides is 3. The SMILES string of the molecule is CC(NC(CNc1cc(-c2ncc3ccn(C4CCNCC4)c3n2)ccn1)CN1CCc2ccccc2C1)C(F)(F)F. The molecule has 0 bridgehead atoms. The average molecular weight is 579 g/mol. The van der Waals surface area contributed by atoms with Gasteiger partial charge in [0.2, 0.25) is 0 Å². The Hall–Kier alpha value is -3.54. The Morgan fingerprint density at radius 2 is 1.88 bits per heavy atom. The van der Waals surface area contributed by atoms with E-state index in [0.717, 1.165) is 62.0 Å². The molecule has 0 aliphatic carbocycles. The van der Waals surface area contributed by atoms with E-state index in [2.05, 4.69) is 59.8 Å². The van der Waals surface area contributed by atoms with Crippen molar-refractivity contribution in [3.63, 3.8) is 0 Å². The number of halogens is 3. The molecule has 11 heteroatoms. The number of nitrogens with one attached hydrogen (secondary N) is 3. The summed E-state index contributed by atoms with van der Waals surface area (Å²) in [6.07, 6.45) is 4.29. The van der Waals surface area contributed by atoms with Crippen molar-refractivity contribution in [2.75, 3.05) is 38.0 Å². The highest BCUT2D eigenvalue weighted by atomic mass is 19.4. The van der Waals surface area contributed by atoms with Crippen molar-refractivity contribution in [1.82, 2.24) is 35.1 Å². The number of piperidine rings is 1. The van der Waals surface area contributed by atoms with Crippen LogP contribution in [0.1, 0.15) is 36.9 Å². The highest BCUT2D eigenvalue weighted by molar-refractivity contribution is 5.77. The number of anilines is 1. The number of aromatic nitrogens is 4. The van der Waals surface area contributed by atoms with Crippen LogP contribution in [0.25, 0.3) is 22.4 Å². The van der Waals surface area contributed by atoms with E-state index in [4.69, 9.17) is 4.98 Å². The van der Waals surface area contributed by atoms with Crippen LogP contribution in [0.15, 0.2) is 61.1 Å². The molecule has 0 spiro atoms. The average Bonchev–Trinajstić information content (AvgIpc) is 3.43. The quantitative estimate of drug-likeness (QED) is 0.263. The fourth-order valence-corrected chi connectivity index (χ4v) is 6.00. The molecule has 2 aliphatic heterocycles. The molecule has 5 heterocycles. The van der Waals surface area contributed by atoms with Gasteiger partial charge in [0.1, 0.15) is 17.5 Å². The van der Waals surface area contributed by atoms with E-state index in [0.29, 0.717) is 24.2 Å². The molecule has 0 radical (unpaired) electrons. The number of hydrogen-bond acceptors (Lipinski definition) is 7. The van der Waals surface area contributed by atoms with Gasteiger partial charge in [0.25, 0.3) is 0 Å². The van der Waals surface area contributed by atoms with Gasteiger partial charge in [0.15, 0.2) is 5.82 Å². The predicted molar refractivity (Wildman–Crippen MR) is 158 cm³/mol. The minimum absolute atomic E-state index is 0.285. The summed E-state index contributed by atoms with van der Waals surface area (Å²) in [4.78, 5) is 16.2. The van der Waals surface area contributed by atoms with Crippen LogP contribution in [-0.2, 0) is 13.0 Å². The third-order valence-electron chi connectivity index (χ3n) is 8.37. The van der Waals surface area contributed by atoms with Crippen LogP contribution in [0.3, 0.4) is 0 Å². The molecule has 2 atom stereocenters. The summed E-state index contributed by atoms with van der Waals surface area (Å²) in [5, 5.41) is 10.5. The molecule has 8 nitrogen and oxygen atoms in total. The Morgan fingerprint density at radius 1 is 1.07 bits per heavy atom. The second-order valence-corrected chi connectivity index (χ2v) is 11.4. The number of pyridine rings is 1. The molecule has 0 saturated carbocycles. The first-order valence-electron chi connectivity index (χ1n) is 14.7. The van der Waals surface area contributed by atoms with Crippen LogP contribution in [0.5, 0.6) is 0 Å². The van der Waals surface area contributed by atoms with Crippen molar-refractivity contribution >= 4 is 16.9 Å². The largest absolute Gasteiger partial charge is 0.403 e. The molecular weight excluding hydrogens is 541 g/mol. The molecule has 222 valence electrons. The highest BCUT2D eigenvalue weighted by Gasteiger charge is 2.37. The van der Waals surface area contributed by atoms with Gasteiger partial charge in [-0.1, -0.05) is 24.3 Å². The Labute approximate surface area is 243 Å². The van der Waals surface area contributed by atoms with Crippen molar-refractivity contribution in [1.29, 1.82) is 0 Å². The van der Waals surface area contributed by atoms with Gasteiger partial charge < -0.3 is 20.5 Å². The maximum absolute atomic E-state index is 13.5. The fourth-order valence-electron chi connectivity index (χ4n) is 6.00. The summed E-state index contributed by atoms with van der Waals surface area (Å²) in [6.45, 7) is 5.45. The van der Waals surface area contributed by atoms with Gasteiger partial charge in [-0.05, 0) is 68.6 Å². The summed E-state index contributed by atoms with van der Waals surface area (Å²) in [6, 6.07) is 12.4. The van der Waals surface area contributed by atoms with Gasteiger partial charge in [-0.15, -0.1) is 0 Å². The fraction of sp³-hybridized carbons (Fsp3) is 0.452. The molecule has 1 saturated heterocycles. The first-order chi connectivity index (χ1) is 20.3. The van der Waals surface area contributed by atoms with Crippen molar-refractivity contribution in [3.05, 3.63) is 72.2 Å². The predicted octanol–water partition coefficient (Wildman–Crippen LogP) is 4.80. The lowest BCUT2D eigenvalue weighted by atomic mass is 9.99. The van der Waals surface area contributed by atoms with Crippen molar-refractivity contribution in [3.8, 4) is 11.4 Å². The van der Waals surface area contributed by atoms with E-state index < -0.39 is 18.3 Å². The van der Waals surface area contributed by atoms with Gasteiger partial charge in [0, 0.05) is 67.8 Å². The van der Waals surface area contributed by atoms with Crippen LogP contribution in [-0.4, -0.2) is 75.4 Å². The molecule has 2 unspecified atom stereocenters. The molecule has 6 rings (SSSR count). The molecule has 3 N–H and O–H groups in total. The minimum Gasteiger partial charge on any atom is -0.368 e. The second-order valence-electron chi connectivity index (χ2n) is 11.4. The van der Waals surface area contributed by atoms with Crippen molar-refractivity contribution < 1.29 is 13.2 Å². The second kappa shape index (κ2) is 12.4. The molecule has 3 aromatic heterocycles. The molecule has 0 amide bonds. The molecular formula is C31H37F3N8. The minimum atomic E-state index is -4.33. The third-order valence-corrected chi connectivity index (χ3v) is 8.37. The zero-order chi connectivity index (χ0) is 29.1. The van der Waals surface area contributed by atoms with E-state index in [-0.39, 0.29) is 6.54 Å². The summed E-state index contributed by atoms with van der Waals surface area (Å²) in [5.74, 6) is 1.16. The van der Waals surface area contributed by atoms with Crippen molar-refractivity contribution in [2.24, 2.45) is 0 Å². The number of nitrogens with zero attached hydrogens (tertiary/aromatic N) is 5. The van der Waals surface area contributed by atoms with E-state index in [9.17, 15) is 13.2 Å². The van der Waals surface area contributed by atoms with Crippen LogP contribution in [0, 0.1) is 0 Å². The lowest BCUT2D eigenvalue weighted by Crippen LogP contribution is -2.53. The summed E-state index contributed by atoms with van der Waals surface area (Å²) < 4.78 is 42.7. The summed E-state index contributed by atoms with van der Waals surface area (Å²) in [7, 11) is 0. The van der Waals surface area contributed by atoms with Gasteiger partial charge >= 0.3 is 6.18 Å². The summed E-state index contributed by atoms with van der Waals surface area (Å²) in [5.41, 5.74) is 4.25. The number of benzene rings is 1. The van der Waals surface area contributed by atoms with E-state index >= 15 is 0 Å². The molecule has 4 aromatic rings. The lowest BCUT2D eigenvalue weighted by molar-refractivity contribution is -0.153. The Morgan fingerprint density at radius 3 is 2.69 bits per heavy atom. The van der Waals surface area contributed by atoms with Gasteiger partial charge in [0.05, 0.1) is 0 Å². The Balaban J connectivity index is 1.17. The van der Waals surface area contributed by atoms with Crippen LogP contribution in [0.4, 0.5) is 19.0 Å². The normalized spacial score (nSPS) is 18.1. The topological polar surface area (TPSA) is 82.9 Å². The highest BCUT2D eigenvalue weighted by Crippen LogP contribution is 2.27. The molecule has 1 aromatic carbocycles. The molecule has 42 heavy (non-hydrogen) atoms. The van der Waals surface area contributed by atoms with Crippen LogP contribution >= 0.6 is 0 Å². The van der Waals surface area contributed by atoms with Crippen LogP contribution in [0.2, 0.25) is 0 Å². The lowest BCUT2D eigenvalue weighted by Gasteiger charge is -2.34. The van der Waals surface area contributed by atoms with Crippen molar-refractivity contribution in [2.45, 2.75) is 57.0 Å². The number of rotatable bonds is 9. The molecule has 2 aliphatic rings. The maximum atomic E-state index is 13.5. The summed E-state index contributed by atoms with van der Waals surface area (Å²) >= 11 is 0. The number of hydrogen-bond donors (Lipinski definition) is 3. The zero-order valence-corrected chi connectivity index (χ0v) is 23.7. The van der Waals surface area contributed by atoms with E-state index in [1.54, 1.807) is 6.20 Å². The van der Waals surface area contributed by atoms with Gasteiger partial charge in [-0.3, -0.25) is 4.90 Å². The smallest absolute Gasteiger partial charge is 0.368 e. The maximum Gasteiger partial charge on any atom is 0.403 e. The van der Waals surface area contributed by atoms with Crippen LogP contribution < -0.4 is 16.0 Å². The Kier molecular flexibility index (Phi) is 8.41. The molecule has 1 fully saturated rings. The first-order valence-corrected chi connectivity index (χ1v) is 14.7. The standard InChI is InChI=1S/C31H37F3N8/c1-21(31(32,33)34)39-26(20-41-14-9-22-4-2-3-5-25(22)19-41)18-37-28-16-23(6-13-36-28)29-38-17-24-10-15-42(30(24)40-29)27-7-11-35-12-8-27/h2-6,10,13,15-17,21,26-27,35,39H,7-9,11-12,14,18-20H2,1H3,(H,36,37). The van der Waals surface area contributed by atoms with Gasteiger partial charge in [-0.2, -0.15) is 13.2 Å². The Bertz CT molecular complexity index is 1500. The van der Waals surface area contributed by atoms with E-state index in [1.807, 2.05) is 30.5 Å². The monoisotopic (exact) mass is 578 g/mol. The third kappa shape index (κ3) is 6.58. The number of fused-ring (bicyclic) bond motifs is 2. The first kappa shape index (κ1) is 28.6. The van der Waals surface area contributed by atoms with Gasteiger partial charge in [-0.25, -0.2) is 15.0 Å². The van der Waals surface area contributed by atoms with E-state index in [1.165, 1.54) is 18.1 Å².